The number of carbonyl (C=O) groups excluding carboxylic acids is 1. The molecule has 11 nitrogen and oxygen atoms in total. The van der Waals surface area contributed by atoms with Crippen LogP contribution in [0.5, 0.6) is 0 Å². The van der Waals surface area contributed by atoms with E-state index in [0.29, 0.717) is 40.5 Å². The Morgan fingerprint density at radius 1 is 1.15 bits per heavy atom. The lowest BCUT2D eigenvalue weighted by Gasteiger charge is -2.19. The van der Waals surface area contributed by atoms with Crippen LogP contribution in [0.3, 0.4) is 0 Å². The van der Waals surface area contributed by atoms with Gasteiger partial charge >= 0.3 is 0 Å². The van der Waals surface area contributed by atoms with Gasteiger partial charge in [-0.05, 0) is 43.5 Å². The fourth-order valence-electron chi connectivity index (χ4n) is 4.84. The monoisotopic (exact) mass is 545 g/mol. The quantitative estimate of drug-likeness (QED) is 0.295. The van der Waals surface area contributed by atoms with Gasteiger partial charge in [0.05, 0.1) is 34.8 Å². The third-order valence-electron chi connectivity index (χ3n) is 7.06. The molecule has 4 N–H and O–H groups in total. The maximum Gasteiger partial charge on any atom is 0.267 e. The number of nitrogen functional groups attached to an aromatic ring is 1. The molecule has 1 amide bonds. The summed E-state index contributed by atoms with van der Waals surface area (Å²) in [5.74, 6) is 6.44. The molecular formula is C30H27N9O2. The van der Waals surface area contributed by atoms with Crippen molar-refractivity contribution >= 4 is 29.4 Å². The predicted octanol–water partition coefficient (Wildman–Crippen LogP) is 2.97. The van der Waals surface area contributed by atoms with Crippen LogP contribution in [0.1, 0.15) is 46.0 Å². The average molecular weight is 546 g/mol. The molecule has 0 fully saturated rings. The number of carbonyl (C=O) groups is 1. The average Bonchev–Trinajstić information content (AvgIpc) is 3.49. The Labute approximate surface area is 235 Å². The van der Waals surface area contributed by atoms with E-state index in [-0.39, 0.29) is 16.9 Å². The van der Waals surface area contributed by atoms with E-state index in [0.717, 1.165) is 11.3 Å². The first-order chi connectivity index (χ1) is 19.8. The van der Waals surface area contributed by atoms with Crippen molar-refractivity contribution in [3.63, 3.8) is 0 Å². The maximum absolute atomic E-state index is 14.2. The zero-order valence-electron chi connectivity index (χ0n) is 22.7. The van der Waals surface area contributed by atoms with Gasteiger partial charge in [-0.2, -0.15) is 5.10 Å². The lowest BCUT2D eigenvalue weighted by Crippen LogP contribution is -2.31. The molecule has 0 spiro atoms. The van der Waals surface area contributed by atoms with Gasteiger partial charge in [0.15, 0.2) is 5.82 Å². The summed E-state index contributed by atoms with van der Waals surface area (Å²) in [6.07, 6.45) is 5.32. The molecule has 1 atom stereocenters. The third-order valence-corrected chi connectivity index (χ3v) is 7.06. The minimum atomic E-state index is -0.641. The van der Waals surface area contributed by atoms with E-state index in [1.165, 1.54) is 9.08 Å². The first kappa shape index (κ1) is 25.6. The van der Waals surface area contributed by atoms with E-state index in [1.54, 1.807) is 42.2 Å². The minimum Gasteiger partial charge on any atom is -0.381 e. The third kappa shape index (κ3) is 4.51. The van der Waals surface area contributed by atoms with Gasteiger partial charge in [-0.15, -0.1) is 5.10 Å². The van der Waals surface area contributed by atoms with Crippen LogP contribution in [-0.4, -0.2) is 41.4 Å². The van der Waals surface area contributed by atoms with Gasteiger partial charge in [0.2, 0.25) is 0 Å². The number of fused-ring (bicyclic) bond motifs is 2. The van der Waals surface area contributed by atoms with Gasteiger partial charge in [0.25, 0.3) is 11.5 Å². The van der Waals surface area contributed by atoms with Crippen molar-refractivity contribution < 1.29 is 4.79 Å². The number of aryl methyl sites for hydroxylation is 1. The van der Waals surface area contributed by atoms with E-state index in [1.807, 2.05) is 50.4 Å². The van der Waals surface area contributed by atoms with Crippen molar-refractivity contribution in [2.75, 3.05) is 17.6 Å². The first-order valence-electron chi connectivity index (χ1n) is 13.0. The predicted molar refractivity (Wildman–Crippen MR) is 157 cm³/mol. The molecule has 1 unspecified atom stereocenters. The Bertz CT molecular complexity index is 1970. The van der Waals surface area contributed by atoms with Crippen molar-refractivity contribution in [1.29, 1.82) is 0 Å². The molecule has 5 heterocycles. The number of benzene rings is 1. The van der Waals surface area contributed by atoms with Gasteiger partial charge < -0.3 is 16.4 Å². The van der Waals surface area contributed by atoms with Crippen LogP contribution in [0.4, 0.5) is 11.6 Å². The highest BCUT2D eigenvalue weighted by atomic mass is 16.2. The van der Waals surface area contributed by atoms with E-state index in [9.17, 15) is 9.59 Å². The molecule has 1 aliphatic rings. The Morgan fingerprint density at radius 3 is 2.71 bits per heavy atom. The topological polar surface area (TPSA) is 137 Å². The van der Waals surface area contributed by atoms with Crippen LogP contribution >= 0.6 is 0 Å². The molecule has 204 valence electrons. The molecule has 5 aromatic rings. The number of nitrogens with zero attached hydrogens (tertiary/aromatic N) is 6. The van der Waals surface area contributed by atoms with E-state index >= 15 is 0 Å². The second-order valence-corrected chi connectivity index (χ2v) is 9.68. The van der Waals surface area contributed by atoms with Gasteiger partial charge in [-0.1, -0.05) is 42.3 Å². The van der Waals surface area contributed by atoms with Gasteiger partial charge in [-0.3, -0.25) is 18.7 Å². The van der Waals surface area contributed by atoms with Crippen molar-refractivity contribution in [2.45, 2.75) is 19.9 Å². The summed E-state index contributed by atoms with van der Waals surface area (Å²) in [4.78, 5) is 32.5. The lowest BCUT2D eigenvalue weighted by atomic mass is 10.0. The number of hydrogen-bond donors (Lipinski definition) is 3. The fraction of sp³-hybridized carbons (Fsp3) is 0.167. The number of nitrogens with one attached hydrogen (secondary N) is 2. The second-order valence-electron chi connectivity index (χ2n) is 9.68. The number of amides is 1. The molecular weight excluding hydrogens is 518 g/mol. The molecule has 1 aromatic carbocycles. The fourth-order valence-corrected chi connectivity index (χ4v) is 4.84. The summed E-state index contributed by atoms with van der Waals surface area (Å²) in [5.41, 5.74) is 10.1. The standard InChI is InChI=1S/C30H27N9O2/c1-18(34-29(40)25-27(31)36-38-16-8-15-32-28(25)38)26-24(20-9-5-4-6-10-20)30(41)39-22(11-7-12-23(39)35-26)14-13-21-17-33-37(3)19(21)2/h4-12,16-18,32H,15H2,1-3H3,(H2,31,36)(H,34,40). The van der Waals surface area contributed by atoms with Crippen LogP contribution in [0.2, 0.25) is 0 Å². The van der Waals surface area contributed by atoms with Crippen LogP contribution in [0.25, 0.3) is 23.0 Å². The minimum absolute atomic E-state index is 0.102. The van der Waals surface area contributed by atoms with Crippen LogP contribution in [-0.2, 0) is 7.05 Å². The number of hydrogen-bond acceptors (Lipinski definition) is 7. The number of pyridine rings is 1. The molecule has 0 bridgehead atoms. The molecule has 11 heteroatoms. The van der Waals surface area contributed by atoms with Crippen molar-refractivity contribution in [1.82, 2.24) is 34.3 Å². The zero-order chi connectivity index (χ0) is 28.7. The SMILES string of the molecule is Cc1c(C#Cc2cccc3nc(C(C)NC(=O)c4c(N)nn5c4NCC=C5)c(-c4ccccc4)c(=O)n23)cnn1C. The normalized spacial score (nSPS) is 12.8. The highest BCUT2D eigenvalue weighted by Crippen LogP contribution is 2.28. The van der Waals surface area contributed by atoms with Gasteiger partial charge in [0.1, 0.15) is 22.7 Å². The van der Waals surface area contributed by atoms with Crippen molar-refractivity contribution in [3.05, 3.63) is 99.4 Å². The number of nitrogens with two attached hydrogens (primary N) is 1. The number of aromatic nitrogens is 6. The summed E-state index contributed by atoms with van der Waals surface area (Å²) < 4.78 is 4.78. The summed E-state index contributed by atoms with van der Waals surface area (Å²) in [6.45, 7) is 4.27. The number of anilines is 2. The first-order valence-corrected chi connectivity index (χ1v) is 13.0. The van der Waals surface area contributed by atoms with Crippen LogP contribution in [0.15, 0.2) is 65.6 Å². The van der Waals surface area contributed by atoms with Crippen LogP contribution in [0, 0.1) is 18.8 Å². The summed E-state index contributed by atoms with van der Waals surface area (Å²) >= 11 is 0. The van der Waals surface area contributed by atoms with E-state index in [4.69, 9.17) is 10.7 Å². The molecule has 1 aliphatic heterocycles. The lowest BCUT2D eigenvalue weighted by molar-refractivity contribution is 0.0941. The Kier molecular flexibility index (Phi) is 6.35. The van der Waals surface area contributed by atoms with E-state index in [2.05, 4.69) is 32.7 Å². The smallest absolute Gasteiger partial charge is 0.267 e. The summed E-state index contributed by atoms with van der Waals surface area (Å²) in [5, 5.41) is 14.6. The highest BCUT2D eigenvalue weighted by Gasteiger charge is 2.27. The van der Waals surface area contributed by atoms with Crippen molar-refractivity contribution in [2.24, 2.45) is 7.05 Å². The van der Waals surface area contributed by atoms with Gasteiger partial charge in [0, 0.05) is 19.8 Å². The molecule has 6 rings (SSSR count). The highest BCUT2D eigenvalue weighted by molar-refractivity contribution is 6.04. The van der Waals surface area contributed by atoms with Crippen molar-refractivity contribution in [3.8, 4) is 23.0 Å². The molecule has 41 heavy (non-hydrogen) atoms. The Hall–Kier alpha value is -5.63. The van der Waals surface area contributed by atoms with Crippen LogP contribution < -0.4 is 21.9 Å². The summed E-state index contributed by atoms with van der Waals surface area (Å²) in [6, 6.07) is 14.0. The Morgan fingerprint density at radius 2 is 1.95 bits per heavy atom. The largest absolute Gasteiger partial charge is 0.381 e. The molecule has 0 radical (unpaired) electrons. The summed E-state index contributed by atoms with van der Waals surface area (Å²) in [7, 11) is 1.85. The Balaban J connectivity index is 1.47. The second kappa shape index (κ2) is 10.2. The molecule has 0 saturated carbocycles. The molecule has 0 aliphatic carbocycles. The zero-order valence-corrected chi connectivity index (χ0v) is 22.7. The van der Waals surface area contributed by atoms with Gasteiger partial charge in [-0.25, -0.2) is 9.67 Å². The molecule has 4 aromatic heterocycles. The maximum atomic E-state index is 14.2. The van der Waals surface area contributed by atoms with E-state index < -0.39 is 11.9 Å². The number of rotatable bonds is 4. The molecule has 0 saturated heterocycles.